The molecule has 7 heteroatoms. The van der Waals surface area contributed by atoms with Crippen molar-refractivity contribution in [1.29, 1.82) is 0 Å². The number of carbonyl (C=O) groups is 1. The molecule has 0 aliphatic heterocycles. The first-order chi connectivity index (χ1) is 10.5. The molecule has 1 amide bonds. The molecule has 120 valence electrons. The maximum atomic E-state index is 12.2. The fraction of sp³-hybridized carbons (Fsp3) is 0.400. The Hall–Kier alpha value is -1.70. The fourth-order valence-electron chi connectivity index (χ4n) is 2.18. The summed E-state index contributed by atoms with van der Waals surface area (Å²) in [4.78, 5) is 12.3. The van der Waals surface area contributed by atoms with Crippen LogP contribution >= 0.6 is 0 Å². The van der Waals surface area contributed by atoms with Crippen molar-refractivity contribution >= 4 is 15.9 Å². The molecule has 1 aromatic carbocycles. The van der Waals surface area contributed by atoms with E-state index in [1.165, 1.54) is 18.2 Å². The first kappa shape index (κ1) is 16.7. The van der Waals surface area contributed by atoms with Crippen molar-refractivity contribution in [3.63, 3.8) is 0 Å². The second-order valence-corrected chi connectivity index (χ2v) is 7.09. The number of rotatable bonds is 8. The van der Waals surface area contributed by atoms with Gasteiger partial charge in [0.2, 0.25) is 10.0 Å². The summed E-state index contributed by atoms with van der Waals surface area (Å²) in [6, 6.07) is 5.89. The highest BCUT2D eigenvalue weighted by atomic mass is 32.2. The highest BCUT2D eigenvalue weighted by Crippen LogP contribution is 2.32. The zero-order valence-electron chi connectivity index (χ0n) is 12.3. The molecule has 4 N–H and O–H groups in total. The van der Waals surface area contributed by atoms with Gasteiger partial charge in [0.1, 0.15) is 0 Å². The molecule has 0 heterocycles. The molecule has 1 unspecified atom stereocenters. The maximum Gasteiger partial charge on any atom is 0.251 e. The summed E-state index contributed by atoms with van der Waals surface area (Å²) < 4.78 is 26.5. The zero-order chi connectivity index (χ0) is 16.2. The summed E-state index contributed by atoms with van der Waals surface area (Å²) in [6.45, 7) is 3.98. The van der Waals surface area contributed by atoms with Crippen LogP contribution in [0.25, 0.3) is 0 Å². The minimum atomic E-state index is -3.64. The normalized spacial score (nSPS) is 16.0. The number of sulfonamides is 1. The van der Waals surface area contributed by atoms with E-state index in [2.05, 4.69) is 16.6 Å². The van der Waals surface area contributed by atoms with E-state index in [1.54, 1.807) is 12.1 Å². The number of amides is 1. The Balaban J connectivity index is 2.13. The molecule has 0 radical (unpaired) electrons. The second-order valence-electron chi connectivity index (χ2n) is 5.32. The lowest BCUT2D eigenvalue weighted by Gasteiger charge is -2.16. The van der Waals surface area contributed by atoms with E-state index in [0.717, 1.165) is 12.8 Å². The highest BCUT2D eigenvalue weighted by molar-refractivity contribution is 7.89. The van der Waals surface area contributed by atoms with Gasteiger partial charge < -0.3 is 11.1 Å². The topological polar surface area (TPSA) is 101 Å². The Morgan fingerprint density at radius 2 is 2.18 bits per heavy atom. The Morgan fingerprint density at radius 1 is 1.45 bits per heavy atom. The average Bonchev–Trinajstić information content (AvgIpc) is 3.35. The summed E-state index contributed by atoms with van der Waals surface area (Å²) in [5.74, 6) is 0.137. The van der Waals surface area contributed by atoms with Gasteiger partial charge in [0.15, 0.2) is 0 Å². The number of hydrogen-bond donors (Lipinski definition) is 3. The van der Waals surface area contributed by atoms with Gasteiger partial charge in [-0.3, -0.25) is 4.79 Å². The lowest BCUT2D eigenvalue weighted by atomic mass is 10.1. The molecule has 6 nitrogen and oxygen atoms in total. The van der Waals surface area contributed by atoms with E-state index in [4.69, 9.17) is 5.73 Å². The van der Waals surface area contributed by atoms with E-state index < -0.39 is 10.0 Å². The van der Waals surface area contributed by atoms with E-state index in [0.29, 0.717) is 18.0 Å². The maximum absolute atomic E-state index is 12.2. The van der Waals surface area contributed by atoms with Crippen LogP contribution in [0.5, 0.6) is 0 Å². The molecule has 2 rings (SSSR count). The molecule has 0 saturated heterocycles. The molecular formula is C15H21N3O3S. The van der Waals surface area contributed by atoms with E-state index in [9.17, 15) is 13.2 Å². The lowest BCUT2D eigenvalue weighted by molar-refractivity contribution is 0.0933. The number of nitrogens with two attached hydrogens (primary N) is 1. The first-order valence-electron chi connectivity index (χ1n) is 7.19. The summed E-state index contributed by atoms with van der Waals surface area (Å²) in [7, 11) is -3.64. The Bertz CT molecular complexity index is 654. The summed E-state index contributed by atoms with van der Waals surface area (Å²) in [6.07, 6.45) is 3.60. The average molecular weight is 323 g/mol. The number of nitrogens with one attached hydrogen (secondary N) is 2. The Morgan fingerprint density at radius 3 is 2.77 bits per heavy atom. The third-order valence-electron chi connectivity index (χ3n) is 3.59. The van der Waals surface area contributed by atoms with Crippen LogP contribution in [-0.2, 0) is 10.0 Å². The third kappa shape index (κ3) is 4.16. The van der Waals surface area contributed by atoms with Crippen molar-refractivity contribution in [2.75, 3.05) is 13.1 Å². The molecule has 0 spiro atoms. The molecular weight excluding hydrogens is 302 g/mol. The summed E-state index contributed by atoms with van der Waals surface area (Å²) in [5, 5.41) is 2.87. The van der Waals surface area contributed by atoms with Gasteiger partial charge in [0, 0.05) is 24.7 Å². The van der Waals surface area contributed by atoms with Gasteiger partial charge in [0.05, 0.1) is 4.90 Å². The second kappa shape index (κ2) is 7.04. The summed E-state index contributed by atoms with van der Waals surface area (Å²) in [5.41, 5.74) is 5.97. The van der Waals surface area contributed by atoms with Crippen LogP contribution in [0.2, 0.25) is 0 Å². The quantitative estimate of drug-likeness (QED) is 0.610. The van der Waals surface area contributed by atoms with Crippen molar-refractivity contribution in [3.05, 3.63) is 42.5 Å². The van der Waals surface area contributed by atoms with Gasteiger partial charge in [-0.2, -0.15) is 0 Å². The lowest BCUT2D eigenvalue weighted by Crippen LogP contribution is -2.41. The molecule has 0 aromatic heterocycles. The number of carbonyl (C=O) groups excluding carboxylic acids is 1. The minimum Gasteiger partial charge on any atom is -0.348 e. The SMILES string of the molecule is C=CCNS(=O)(=O)c1cccc(C(=O)NC(CN)C2CC2)c1. The van der Waals surface area contributed by atoms with Gasteiger partial charge in [-0.1, -0.05) is 12.1 Å². The highest BCUT2D eigenvalue weighted by Gasteiger charge is 2.31. The monoisotopic (exact) mass is 323 g/mol. The van der Waals surface area contributed by atoms with Gasteiger partial charge in [-0.25, -0.2) is 13.1 Å². The first-order valence-corrected chi connectivity index (χ1v) is 8.68. The molecule has 1 aliphatic carbocycles. The summed E-state index contributed by atoms with van der Waals surface area (Å²) >= 11 is 0. The van der Waals surface area contributed by atoms with Crippen LogP contribution < -0.4 is 15.8 Å². The van der Waals surface area contributed by atoms with Crippen molar-refractivity contribution in [2.45, 2.75) is 23.8 Å². The van der Waals surface area contributed by atoms with Crippen molar-refractivity contribution in [1.82, 2.24) is 10.0 Å². The van der Waals surface area contributed by atoms with Crippen LogP contribution in [0.15, 0.2) is 41.8 Å². The van der Waals surface area contributed by atoms with Crippen molar-refractivity contribution in [2.24, 2.45) is 11.7 Å². The number of hydrogen-bond acceptors (Lipinski definition) is 4. The van der Waals surface area contributed by atoms with Crippen molar-refractivity contribution < 1.29 is 13.2 Å². The predicted molar refractivity (Wildman–Crippen MR) is 84.9 cm³/mol. The molecule has 22 heavy (non-hydrogen) atoms. The largest absolute Gasteiger partial charge is 0.348 e. The number of benzene rings is 1. The Kier molecular flexibility index (Phi) is 5.33. The zero-order valence-corrected chi connectivity index (χ0v) is 13.1. The molecule has 1 aromatic rings. The van der Waals surface area contributed by atoms with Crippen LogP contribution in [0, 0.1) is 5.92 Å². The fourth-order valence-corrected chi connectivity index (χ4v) is 3.22. The third-order valence-corrected chi connectivity index (χ3v) is 5.01. The van der Waals surface area contributed by atoms with Gasteiger partial charge in [0.25, 0.3) is 5.91 Å². The predicted octanol–water partition coefficient (Wildman–Crippen LogP) is 0.618. The van der Waals surface area contributed by atoms with Crippen LogP contribution in [-0.4, -0.2) is 33.5 Å². The van der Waals surface area contributed by atoms with Gasteiger partial charge >= 0.3 is 0 Å². The molecule has 1 aliphatic rings. The Labute approximate surface area is 130 Å². The van der Waals surface area contributed by atoms with Crippen LogP contribution in [0.1, 0.15) is 23.2 Å². The van der Waals surface area contributed by atoms with E-state index in [-0.39, 0.29) is 23.4 Å². The standard InChI is InChI=1S/C15H21N3O3S/c1-2-8-17-22(20,21)13-5-3-4-12(9-13)15(19)18-14(10-16)11-6-7-11/h2-5,9,11,14,17H,1,6-8,10,16H2,(H,18,19). The molecule has 1 saturated carbocycles. The smallest absolute Gasteiger partial charge is 0.251 e. The van der Waals surface area contributed by atoms with Crippen molar-refractivity contribution in [3.8, 4) is 0 Å². The van der Waals surface area contributed by atoms with Gasteiger partial charge in [-0.05, 0) is 37.0 Å². The van der Waals surface area contributed by atoms with E-state index in [1.807, 2.05) is 0 Å². The minimum absolute atomic E-state index is 0.0494. The molecule has 1 fully saturated rings. The van der Waals surface area contributed by atoms with Crippen LogP contribution in [0.3, 0.4) is 0 Å². The van der Waals surface area contributed by atoms with E-state index >= 15 is 0 Å². The van der Waals surface area contributed by atoms with Crippen LogP contribution in [0.4, 0.5) is 0 Å². The van der Waals surface area contributed by atoms with Gasteiger partial charge in [-0.15, -0.1) is 6.58 Å². The molecule has 0 bridgehead atoms. The molecule has 1 atom stereocenters.